The van der Waals surface area contributed by atoms with Crippen molar-refractivity contribution >= 4 is 50.6 Å². The molecule has 2 amide bonds. The molecule has 1 N–H and O–H groups in total. The number of allylic oxidation sites excluding steroid dienone is 5. The highest BCUT2D eigenvalue weighted by molar-refractivity contribution is 9.11. The Morgan fingerprint density at radius 1 is 1.07 bits per heavy atom. The fourth-order valence-electron chi connectivity index (χ4n) is 3.23. The van der Waals surface area contributed by atoms with Crippen molar-refractivity contribution in [3.63, 3.8) is 0 Å². The van der Waals surface area contributed by atoms with E-state index in [1.54, 1.807) is 24.3 Å². The number of carbonyl (C=O) groups excluding carboxylic acids is 2. The van der Waals surface area contributed by atoms with Crippen LogP contribution >= 0.6 is 27.5 Å². The summed E-state index contributed by atoms with van der Waals surface area (Å²) >= 11 is 9.48. The lowest BCUT2D eigenvalue weighted by atomic mass is 9.82. The first-order chi connectivity index (χ1) is 13.5. The first-order valence-electron chi connectivity index (χ1n) is 8.58. The van der Waals surface area contributed by atoms with Crippen LogP contribution in [-0.4, -0.2) is 17.5 Å². The average Bonchev–Trinajstić information content (AvgIpc) is 2.69. The number of nitrogens with one attached hydrogen (secondary N) is 1. The number of hydrogen-bond acceptors (Lipinski definition) is 2. The maximum absolute atomic E-state index is 12.8. The zero-order valence-corrected chi connectivity index (χ0v) is 16.9. The molecule has 0 fully saturated rings. The van der Waals surface area contributed by atoms with Crippen LogP contribution in [0.25, 0.3) is 5.57 Å². The van der Waals surface area contributed by atoms with Crippen molar-refractivity contribution < 1.29 is 9.59 Å². The van der Waals surface area contributed by atoms with Gasteiger partial charge in [0, 0.05) is 26.6 Å². The molecule has 0 saturated carbocycles. The molecule has 0 aromatic heterocycles. The van der Waals surface area contributed by atoms with Crippen molar-refractivity contribution in [1.82, 2.24) is 5.32 Å². The lowest BCUT2D eigenvalue weighted by Crippen LogP contribution is -2.34. The van der Waals surface area contributed by atoms with Gasteiger partial charge in [-0.05, 0) is 35.9 Å². The zero-order chi connectivity index (χ0) is 19.7. The number of nitrogens with zero attached hydrogens (tertiary/aromatic N) is 1. The van der Waals surface area contributed by atoms with E-state index >= 15 is 0 Å². The summed E-state index contributed by atoms with van der Waals surface area (Å²) in [4.78, 5) is 29.8. The Morgan fingerprint density at radius 2 is 1.86 bits per heavy atom. The second-order valence-electron chi connectivity index (χ2n) is 6.32. The van der Waals surface area contributed by atoms with Crippen LogP contribution in [0.5, 0.6) is 0 Å². The monoisotopic (exact) mass is 452 g/mol. The molecule has 0 saturated heterocycles. The van der Waals surface area contributed by atoms with Crippen LogP contribution in [0.3, 0.4) is 0 Å². The Hall–Kier alpha value is -2.76. The van der Waals surface area contributed by atoms with E-state index < -0.39 is 11.8 Å². The maximum Gasteiger partial charge on any atom is 0.294 e. The second-order valence-corrected chi connectivity index (χ2v) is 7.68. The smallest absolute Gasteiger partial charge is 0.294 e. The van der Waals surface area contributed by atoms with E-state index in [0.29, 0.717) is 21.9 Å². The summed E-state index contributed by atoms with van der Waals surface area (Å²) in [5.41, 5.74) is 2.76. The number of halogens is 2. The van der Waals surface area contributed by atoms with E-state index in [2.05, 4.69) is 26.2 Å². The van der Waals surface area contributed by atoms with Gasteiger partial charge in [0.25, 0.3) is 11.8 Å². The predicted octanol–water partition coefficient (Wildman–Crippen LogP) is 4.93. The van der Waals surface area contributed by atoms with Gasteiger partial charge in [0.2, 0.25) is 0 Å². The van der Waals surface area contributed by atoms with Crippen molar-refractivity contribution in [1.29, 1.82) is 0 Å². The first-order valence-corrected chi connectivity index (χ1v) is 9.75. The molecule has 138 valence electrons. The minimum atomic E-state index is -0.475. The van der Waals surface area contributed by atoms with Gasteiger partial charge in [-0.1, -0.05) is 70.0 Å². The van der Waals surface area contributed by atoms with Crippen molar-refractivity contribution in [3.8, 4) is 0 Å². The third kappa shape index (κ3) is 3.63. The van der Waals surface area contributed by atoms with Crippen LogP contribution < -0.4 is 5.32 Å². The van der Waals surface area contributed by atoms with Crippen molar-refractivity contribution in [2.75, 3.05) is 0 Å². The van der Waals surface area contributed by atoms with E-state index in [1.807, 2.05) is 48.6 Å². The molecule has 2 aliphatic rings. The summed E-state index contributed by atoms with van der Waals surface area (Å²) in [6.45, 7) is 0. The summed E-state index contributed by atoms with van der Waals surface area (Å²) in [5, 5.41) is 3.21. The Bertz CT molecular complexity index is 1100. The summed E-state index contributed by atoms with van der Waals surface area (Å²) < 4.78 is 0.889. The third-order valence-electron chi connectivity index (χ3n) is 4.49. The number of amides is 2. The molecule has 1 heterocycles. The van der Waals surface area contributed by atoms with Gasteiger partial charge in [0.05, 0.1) is 5.71 Å². The van der Waals surface area contributed by atoms with Gasteiger partial charge in [-0.2, -0.15) is 0 Å². The van der Waals surface area contributed by atoms with Gasteiger partial charge in [-0.3, -0.25) is 9.59 Å². The Balaban J connectivity index is 1.82. The van der Waals surface area contributed by atoms with Crippen molar-refractivity contribution in [2.45, 2.75) is 0 Å². The van der Waals surface area contributed by atoms with Gasteiger partial charge in [-0.25, -0.2) is 4.99 Å². The van der Waals surface area contributed by atoms with Crippen LogP contribution in [0.2, 0.25) is 5.02 Å². The molecule has 28 heavy (non-hydrogen) atoms. The van der Waals surface area contributed by atoms with Gasteiger partial charge in [0.1, 0.15) is 5.70 Å². The minimum Gasteiger partial charge on any atom is -0.317 e. The Kier molecular flexibility index (Phi) is 5.11. The highest BCUT2D eigenvalue weighted by Crippen LogP contribution is 2.36. The highest BCUT2D eigenvalue weighted by Gasteiger charge is 2.33. The number of dihydropyridines is 1. The van der Waals surface area contributed by atoms with Crippen LogP contribution in [-0.2, 0) is 4.79 Å². The van der Waals surface area contributed by atoms with Crippen molar-refractivity contribution in [2.24, 2.45) is 10.9 Å². The Labute approximate surface area is 175 Å². The van der Waals surface area contributed by atoms with Crippen molar-refractivity contribution in [3.05, 3.63) is 99.2 Å². The molecule has 6 heteroatoms. The standard InChI is InChI=1S/C22H14BrClN2O2/c23-15-9-10-18-17(12-15)19(13-5-2-1-3-6-13)20(22(28)25-18)26-21(27)14-7-4-8-16(24)11-14/h1-12,17H,(H,26,27). The van der Waals surface area contributed by atoms with Gasteiger partial charge in [-0.15, -0.1) is 0 Å². The first kappa shape index (κ1) is 18.6. The molecule has 0 spiro atoms. The molecule has 4 rings (SSSR count). The number of hydrogen-bond donors (Lipinski definition) is 1. The normalized spacial score (nSPS) is 18.4. The minimum absolute atomic E-state index is 0.178. The van der Waals surface area contributed by atoms with Gasteiger partial charge < -0.3 is 5.32 Å². The maximum atomic E-state index is 12.8. The Morgan fingerprint density at radius 3 is 2.61 bits per heavy atom. The number of fused-ring (bicyclic) bond motifs is 1. The van der Waals surface area contributed by atoms with Gasteiger partial charge >= 0.3 is 0 Å². The SMILES string of the molecule is O=C1N=C2C=CC(Br)=CC2C(c2ccccc2)=C1NC(=O)c1cccc(Cl)c1. The van der Waals surface area contributed by atoms with E-state index in [0.717, 1.165) is 10.0 Å². The largest absolute Gasteiger partial charge is 0.317 e. The lowest BCUT2D eigenvalue weighted by molar-refractivity contribution is -0.114. The fraction of sp³-hybridized carbons (Fsp3) is 0.0455. The molecule has 1 atom stereocenters. The summed E-state index contributed by atoms with van der Waals surface area (Å²) in [5.74, 6) is -1.13. The molecule has 1 unspecified atom stereocenters. The summed E-state index contributed by atoms with van der Waals surface area (Å²) in [7, 11) is 0. The van der Waals surface area contributed by atoms with Crippen LogP contribution in [0, 0.1) is 5.92 Å². The molecule has 2 aromatic rings. The molecular weight excluding hydrogens is 440 g/mol. The number of rotatable bonds is 3. The van der Waals surface area contributed by atoms with E-state index in [9.17, 15) is 9.59 Å². The average molecular weight is 454 g/mol. The van der Waals surface area contributed by atoms with Crippen LogP contribution in [0.1, 0.15) is 15.9 Å². The number of carbonyl (C=O) groups is 2. The summed E-state index contributed by atoms with van der Waals surface area (Å²) in [6.07, 6.45) is 5.63. The predicted molar refractivity (Wildman–Crippen MR) is 114 cm³/mol. The number of aliphatic imine (C=N–C) groups is 1. The fourth-order valence-corrected chi connectivity index (χ4v) is 3.82. The lowest BCUT2D eigenvalue weighted by Gasteiger charge is -2.27. The quantitative estimate of drug-likeness (QED) is 0.716. The van der Waals surface area contributed by atoms with E-state index in [-0.39, 0.29) is 11.6 Å². The molecule has 1 aliphatic heterocycles. The van der Waals surface area contributed by atoms with Crippen LogP contribution in [0.4, 0.5) is 0 Å². The molecular formula is C22H14BrClN2O2. The molecule has 1 aliphatic carbocycles. The van der Waals surface area contributed by atoms with E-state index in [4.69, 9.17) is 11.6 Å². The second kappa shape index (κ2) is 7.70. The molecule has 0 bridgehead atoms. The van der Waals surface area contributed by atoms with E-state index in [1.165, 1.54) is 0 Å². The number of benzene rings is 2. The molecule has 2 aromatic carbocycles. The summed E-state index contributed by atoms with van der Waals surface area (Å²) in [6, 6.07) is 16.1. The van der Waals surface area contributed by atoms with Crippen LogP contribution in [0.15, 0.2) is 88.0 Å². The molecule has 4 nitrogen and oxygen atoms in total. The highest BCUT2D eigenvalue weighted by atomic mass is 79.9. The van der Waals surface area contributed by atoms with Gasteiger partial charge in [0.15, 0.2) is 0 Å². The zero-order valence-electron chi connectivity index (χ0n) is 14.5. The molecule has 0 radical (unpaired) electrons. The third-order valence-corrected chi connectivity index (χ3v) is 5.26. The topological polar surface area (TPSA) is 58.5 Å².